The van der Waals surface area contributed by atoms with Gasteiger partial charge in [-0.05, 0) is 30.5 Å². The summed E-state index contributed by atoms with van der Waals surface area (Å²) in [5, 5.41) is 0. The molecule has 1 unspecified atom stereocenters. The van der Waals surface area contributed by atoms with Gasteiger partial charge in [0.15, 0.2) is 0 Å². The molecule has 0 amide bonds. The van der Waals surface area contributed by atoms with E-state index in [2.05, 4.69) is 36.6 Å². The number of aryl methyl sites for hydroxylation is 1. The van der Waals surface area contributed by atoms with Crippen LogP contribution in [0.5, 0.6) is 0 Å². The molecular formula is C11H12Br2O2. The normalized spacial score (nSPS) is 12.3. The van der Waals surface area contributed by atoms with Crippen molar-refractivity contribution in [2.75, 3.05) is 7.11 Å². The first-order valence-electron chi connectivity index (χ1n) is 4.51. The second kappa shape index (κ2) is 5.66. The number of hydrogen-bond acceptors (Lipinski definition) is 2. The van der Waals surface area contributed by atoms with Crippen molar-refractivity contribution in [2.24, 2.45) is 0 Å². The molecule has 1 aromatic rings. The van der Waals surface area contributed by atoms with Gasteiger partial charge in [0.2, 0.25) is 0 Å². The Labute approximate surface area is 106 Å². The largest absolute Gasteiger partial charge is 0.468 e. The Kier molecular flexibility index (Phi) is 4.80. The molecule has 0 fully saturated rings. The van der Waals surface area contributed by atoms with Crippen molar-refractivity contribution in [2.45, 2.75) is 18.2 Å². The molecule has 0 N–H and O–H groups in total. The van der Waals surface area contributed by atoms with Gasteiger partial charge >= 0.3 is 5.97 Å². The smallest absolute Gasteiger partial charge is 0.319 e. The van der Waals surface area contributed by atoms with E-state index in [1.54, 1.807) is 0 Å². The molecule has 0 saturated carbocycles. The van der Waals surface area contributed by atoms with Crippen LogP contribution in [0.15, 0.2) is 22.7 Å². The van der Waals surface area contributed by atoms with Crippen molar-refractivity contribution in [3.8, 4) is 0 Å². The van der Waals surface area contributed by atoms with Gasteiger partial charge in [-0.3, -0.25) is 4.79 Å². The predicted molar refractivity (Wildman–Crippen MR) is 67.3 cm³/mol. The summed E-state index contributed by atoms with van der Waals surface area (Å²) in [6.45, 7) is 2.03. The van der Waals surface area contributed by atoms with Gasteiger partial charge in [0.25, 0.3) is 0 Å². The second-order valence-electron chi connectivity index (χ2n) is 3.28. The lowest BCUT2D eigenvalue weighted by Crippen LogP contribution is -2.18. The molecule has 1 atom stereocenters. The number of halogens is 2. The minimum absolute atomic E-state index is 0.244. The highest BCUT2D eigenvalue weighted by atomic mass is 79.9. The number of benzene rings is 1. The van der Waals surface area contributed by atoms with Crippen LogP contribution < -0.4 is 0 Å². The maximum absolute atomic E-state index is 11.2. The molecule has 0 heterocycles. The topological polar surface area (TPSA) is 26.3 Å². The van der Waals surface area contributed by atoms with Crippen molar-refractivity contribution in [1.29, 1.82) is 0 Å². The summed E-state index contributed by atoms with van der Waals surface area (Å²) in [5.74, 6) is -0.244. The Morgan fingerprint density at radius 3 is 2.73 bits per heavy atom. The number of hydrogen-bond donors (Lipinski definition) is 0. The van der Waals surface area contributed by atoms with Crippen LogP contribution >= 0.6 is 31.9 Å². The molecular weight excluding hydrogens is 324 g/mol. The first kappa shape index (κ1) is 12.7. The minimum atomic E-state index is -0.280. The van der Waals surface area contributed by atoms with Crippen molar-refractivity contribution in [3.63, 3.8) is 0 Å². The number of carbonyl (C=O) groups is 1. The van der Waals surface area contributed by atoms with E-state index in [9.17, 15) is 4.79 Å². The fourth-order valence-electron chi connectivity index (χ4n) is 1.18. The van der Waals surface area contributed by atoms with Gasteiger partial charge in [-0.15, -0.1) is 0 Å². The molecule has 1 rings (SSSR count). The van der Waals surface area contributed by atoms with Crippen LogP contribution in [-0.2, 0) is 16.0 Å². The summed E-state index contributed by atoms with van der Waals surface area (Å²) in [6, 6.07) is 6.06. The summed E-state index contributed by atoms with van der Waals surface area (Å²) < 4.78 is 5.70. The number of methoxy groups -OCH3 is 1. The van der Waals surface area contributed by atoms with Crippen LogP contribution in [0.3, 0.4) is 0 Å². The monoisotopic (exact) mass is 334 g/mol. The van der Waals surface area contributed by atoms with Crippen molar-refractivity contribution in [1.82, 2.24) is 0 Å². The van der Waals surface area contributed by atoms with E-state index in [1.807, 2.05) is 25.1 Å². The fourth-order valence-corrected chi connectivity index (χ4v) is 2.17. The Hall–Kier alpha value is -0.350. The highest BCUT2D eigenvalue weighted by molar-refractivity contribution is 9.10. The number of rotatable bonds is 3. The van der Waals surface area contributed by atoms with Gasteiger partial charge in [-0.2, -0.15) is 0 Å². The summed E-state index contributed by atoms with van der Waals surface area (Å²) in [4.78, 5) is 10.9. The van der Waals surface area contributed by atoms with E-state index in [0.29, 0.717) is 6.42 Å². The summed E-state index contributed by atoms with van der Waals surface area (Å²) in [6.07, 6.45) is 0.631. The van der Waals surface area contributed by atoms with E-state index in [4.69, 9.17) is 0 Å². The quantitative estimate of drug-likeness (QED) is 0.626. The average Bonchev–Trinajstić information content (AvgIpc) is 2.22. The fraction of sp³-hybridized carbons (Fsp3) is 0.364. The third-order valence-corrected chi connectivity index (χ3v) is 3.66. The van der Waals surface area contributed by atoms with Crippen LogP contribution in [0, 0.1) is 6.92 Å². The third kappa shape index (κ3) is 3.61. The molecule has 0 aliphatic carbocycles. The van der Waals surface area contributed by atoms with E-state index in [0.717, 1.165) is 10.0 Å². The molecule has 1 aromatic carbocycles. The van der Waals surface area contributed by atoms with Gasteiger partial charge in [0.1, 0.15) is 4.83 Å². The third-order valence-electron chi connectivity index (χ3n) is 2.11. The number of ether oxygens (including phenoxy) is 1. The lowest BCUT2D eigenvalue weighted by atomic mass is 10.1. The summed E-state index contributed by atoms with van der Waals surface area (Å²) >= 11 is 6.75. The zero-order valence-electron chi connectivity index (χ0n) is 8.59. The Balaban J connectivity index is 2.73. The van der Waals surface area contributed by atoms with E-state index in [-0.39, 0.29) is 10.8 Å². The predicted octanol–water partition coefficient (Wildman–Crippen LogP) is 3.24. The molecule has 0 aliphatic rings. The van der Waals surface area contributed by atoms with Gasteiger partial charge in [-0.25, -0.2) is 0 Å². The average molecular weight is 336 g/mol. The zero-order chi connectivity index (χ0) is 11.4. The van der Waals surface area contributed by atoms with Crippen molar-refractivity contribution >= 4 is 37.8 Å². The molecule has 0 aliphatic heterocycles. The molecule has 4 heteroatoms. The van der Waals surface area contributed by atoms with E-state index in [1.165, 1.54) is 12.7 Å². The van der Waals surface area contributed by atoms with Gasteiger partial charge in [0, 0.05) is 4.47 Å². The Morgan fingerprint density at radius 1 is 1.53 bits per heavy atom. The molecule has 0 bridgehead atoms. The van der Waals surface area contributed by atoms with Crippen molar-refractivity contribution < 1.29 is 9.53 Å². The molecule has 0 aromatic heterocycles. The molecule has 0 saturated heterocycles. The van der Waals surface area contributed by atoms with Gasteiger partial charge < -0.3 is 4.74 Å². The SMILES string of the molecule is COC(=O)C(Br)Cc1ccc(C)c(Br)c1. The van der Waals surface area contributed by atoms with Crippen LogP contribution in [0.1, 0.15) is 11.1 Å². The maximum Gasteiger partial charge on any atom is 0.319 e. The standard InChI is InChI=1S/C11H12Br2O2/c1-7-3-4-8(5-9(7)12)6-10(13)11(14)15-2/h3-5,10H,6H2,1-2H3. The second-order valence-corrected chi connectivity index (χ2v) is 5.24. The van der Waals surface area contributed by atoms with Gasteiger partial charge in [-0.1, -0.05) is 44.0 Å². The first-order valence-corrected chi connectivity index (χ1v) is 6.22. The molecule has 0 radical (unpaired) electrons. The molecule has 0 spiro atoms. The highest BCUT2D eigenvalue weighted by Crippen LogP contribution is 2.20. The summed E-state index contributed by atoms with van der Waals surface area (Å²) in [7, 11) is 1.39. The van der Waals surface area contributed by atoms with Crippen LogP contribution in [0.2, 0.25) is 0 Å². The molecule has 15 heavy (non-hydrogen) atoms. The van der Waals surface area contributed by atoms with E-state index < -0.39 is 0 Å². The van der Waals surface area contributed by atoms with Crippen molar-refractivity contribution in [3.05, 3.63) is 33.8 Å². The van der Waals surface area contributed by atoms with E-state index >= 15 is 0 Å². The van der Waals surface area contributed by atoms with Gasteiger partial charge in [0.05, 0.1) is 7.11 Å². The lowest BCUT2D eigenvalue weighted by molar-refractivity contribution is -0.139. The Bertz CT molecular complexity index is 364. The zero-order valence-corrected chi connectivity index (χ0v) is 11.8. The highest BCUT2D eigenvalue weighted by Gasteiger charge is 2.15. The maximum atomic E-state index is 11.2. The van der Waals surface area contributed by atoms with Crippen LogP contribution in [-0.4, -0.2) is 17.9 Å². The minimum Gasteiger partial charge on any atom is -0.468 e. The molecule has 2 nitrogen and oxygen atoms in total. The molecule has 82 valence electrons. The lowest BCUT2D eigenvalue weighted by Gasteiger charge is -2.08. The summed E-state index contributed by atoms with van der Waals surface area (Å²) in [5.41, 5.74) is 2.28. The van der Waals surface area contributed by atoms with Crippen LogP contribution in [0.25, 0.3) is 0 Å². The number of alkyl halides is 1. The van der Waals surface area contributed by atoms with Crippen LogP contribution in [0.4, 0.5) is 0 Å². The first-order chi connectivity index (χ1) is 7.04. The Morgan fingerprint density at radius 2 is 2.20 bits per heavy atom. The number of carbonyl (C=O) groups excluding carboxylic acids is 1. The number of esters is 1.